The van der Waals surface area contributed by atoms with Crippen LogP contribution in [0.5, 0.6) is 11.5 Å². The van der Waals surface area contributed by atoms with Crippen molar-refractivity contribution in [1.29, 1.82) is 0 Å². The van der Waals surface area contributed by atoms with Crippen molar-refractivity contribution in [3.05, 3.63) is 18.2 Å². The minimum absolute atomic E-state index is 0.0378. The Labute approximate surface area is 159 Å². The van der Waals surface area contributed by atoms with E-state index < -0.39 is 5.60 Å². The standard InChI is InChI=1S/C20H28N2O5/c1-20(24)6-8-25-13-15(20)16-3-2-7-22(16)12-19(23)21-14-4-5-17-18(11-14)27-10-9-26-17/h4-5,11,15-16,24H,2-3,6-10,12-13H2,1H3,(H,21,23)/t15-,16+,20+/m1/s1. The first-order valence-corrected chi connectivity index (χ1v) is 9.76. The number of rotatable bonds is 4. The number of fused-ring (bicyclic) bond motifs is 1. The molecule has 1 aromatic rings. The molecular formula is C20H28N2O5. The Kier molecular flexibility index (Phi) is 5.25. The minimum atomic E-state index is -0.738. The molecule has 3 atom stereocenters. The smallest absolute Gasteiger partial charge is 0.238 e. The average Bonchev–Trinajstić information content (AvgIpc) is 3.08. The molecule has 2 N–H and O–H groups in total. The Bertz CT molecular complexity index is 693. The van der Waals surface area contributed by atoms with Gasteiger partial charge < -0.3 is 24.6 Å². The lowest BCUT2D eigenvalue weighted by Gasteiger charge is -2.43. The van der Waals surface area contributed by atoms with Gasteiger partial charge >= 0.3 is 0 Å². The SMILES string of the molecule is C[C@]1(O)CCOC[C@@H]1[C@@H]1CCCN1CC(=O)Nc1ccc2c(c1)OCCO2. The van der Waals surface area contributed by atoms with Gasteiger partial charge in [0.05, 0.1) is 18.8 Å². The van der Waals surface area contributed by atoms with Gasteiger partial charge in [-0.25, -0.2) is 0 Å². The van der Waals surface area contributed by atoms with Crippen molar-refractivity contribution in [3.63, 3.8) is 0 Å². The van der Waals surface area contributed by atoms with Crippen molar-refractivity contribution in [3.8, 4) is 11.5 Å². The number of carbonyl (C=O) groups is 1. The van der Waals surface area contributed by atoms with Crippen LogP contribution in [0.4, 0.5) is 5.69 Å². The van der Waals surface area contributed by atoms with E-state index in [2.05, 4.69) is 10.2 Å². The highest BCUT2D eigenvalue weighted by Crippen LogP contribution is 2.36. The van der Waals surface area contributed by atoms with Gasteiger partial charge in [0.15, 0.2) is 11.5 Å². The lowest BCUT2D eigenvalue weighted by atomic mass is 9.79. The molecule has 0 aliphatic carbocycles. The fourth-order valence-corrected chi connectivity index (χ4v) is 4.39. The third-order valence-electron chi connectivity index (χ3n) is 5.90. The number of ether oxygens (including phenoxy) is 3. The number of benzene rings is 1. The Morgan fingerprint density at radius 3 is 2.93 bits per heavy atom. The summed E-state index contributed by atoms with van der Waals surface area (Å²) in [5, 5.41) is 13.7. The van der Waals surface area contributed by atoms with Crippen molar-refractivity contribution >= 4 is 11.6 Å². The summed E-state index contributed by atoms with van der Waals surface area (Å²) in [5.41, 5.74) is -0.0364. The molecule has 0 spiro atoms. The van der Waals surface area contributed by atoms with Crippen molar-refractivity contribution < 1.29 is 24.1 Å². The lowest BCUT2D eigenvalue weighted by Crippen LogP contribution is -2.53. The van der Waals surface area contributed by atoms with Gasteiger partial charge in [0.25, 0.3) is 0 Å². The monoisotopic (exact) mass is 376 g/mol. The number of anilines is 1. The molecule has 3 heterocycles. The van der Waals surface area contributed by atoms with Gasteiger partial charge in [-0.1, -0.05) is 0 Å². The number of amides is 1. The molecule has 0 unspecified atom stereocenters. The normalized spacial score (nSPS) is 30.9. The highest BCUT2D eigenvalue weighted by molar-refractivity contribution is 5.92. The van der Waals surface area contributed by atoms with Gasteiger partial charge in [0.1, 0.15) is 13.2 Å². The molecule has 1 aromatic carbocycles. The lowest BCUT2D eigenvalue weighted by molar-refractivity contribution is -0.129. The largest absolute Gasteiger partial charge is 0.486 e. The Morgan fingerprint density at radius 1 is 1.30 bits per heavy atom. The second-order valence-electron chi connectivity index (χ2n) is 7.88. The second-order valence-corrected chi connectivity index (χ2v) is 7.88. The van der Waals surface area contributed by atoms with E-state index in [1.165, 1.54) is 0 Å². The molecule has 2 saturated heterocycles. The number of hydrogen-bond acceptors (Lipinski definition) is 6. The second kappa shape index (κ2) is 7.66. The number of nitrogens with zero attached hydrogens (tertiary/aromatic N) is 1. The molecule has 0 bridgehead atoms. The predicted octanol–water partition coefficient (Wildman–Crippen LogP) is 1.65. The summed E-state index contributed by atoms with van der Waals surface area (Å²) < 4.78 is 16.7. The molecule has 7 nitrogen and oxygen atoms in total. The van der Waals surface area contributed by atoms with Gasteiger partial charge in [0, 0.05) is 30.3 Å². The molecule has 0 saturated carbocycles. The summed E-state index contributed by atoms with van der Waals surface area (Å²) in [5.74, 6) is 1.35. The first-order chi connectivity index (χ1) is 13.0. The van der Waals surface area contributed by atoms with Crippen LogP contribution in [0.25, 0.3) is 0 Å². The molecule has 27 heavy (non-hydrogen) atoms. The molecule has 0 radical (unpaired) electrons. The molecule has 0 aromatic heterocycles. The van der Waals surface area contributed by atoms with Crippen LogP contribution in [0, 0.1) is 5.92 Å². The first kappa shape index (κ1) is 18.5. The molecule has 3 aliphatic rings. The van der Waals surface area contributed by atoms with E-state index in [1.807, 2.05) is 19.1 Å². The van der Waals surface area contributed by atoms with Crippen LogP contribution < -0.4 is 14.8 Å². The highest BCUT2D eigenvalue weighted by Gasteiger charge is 2.44. The quantitative estimate of drug-likeness (QED) is 0.832. The zero-order chi connectivity index (χ0) is 18.9. The summed E-state index contributed by atoms with van der Waals surface area (Å²) in [6, 6.07) is 5.62. The van der Waals surface area contributed by atoms with Crippen LogP contribution in [0.2, 0.25) is 0 Å². The van der Waals surface area contributed by atoms with E-state index in [0.29, 0.717) is 56.6 Å². The van der Waals surface area contributed by atoms with Crippen LogP contribution in [-0.2, 0) is 9.53 Å². The zero-order valence-corrected chi connectivity index (χ0v) is 15.8. The van der Waals surface area contributed by atoms with E-state index in [4.69, 9.17) is 14.2 Å². The van der Waals surface area contributed by atoms with Gasteiger partial charge in [-0.15, -0.1) is 0 Å². The summed E-state index contributed by atoms with van der Waals surface area (Å²) in [7, 11) is 0. The summed E-state index contributed by atoms with van der Waals surface area (Å²) in [6.45, 7) is 5.29. The molecule has 148 valence electrons. The molecular weight excluding hydrogens is 348 g/mol. The van der Waals surface area contributed by atoms with E-state index in [9.17, 15) is 9.90 Å². The Balaban J connectivity index is 1.38. The van der Waals surface area contributed by atoms with Gasteiger partial charge in [-0.05, 0) is 44.9 Å². The maximum atomic E-state index is 12.6. The molecule has 7 heteroatoms. The van der Waals surface area contributed by atoms with Crippen LogP contribution in [0.15, 0.2) is 18.2 Å². The van der Waals surface area contributed by atoms with Gasteiger partial charge in [-0.2, -0.15) is 0 Å². The van der Waals surface area contributed by atoms with E-state index in [-0.39, 0.29) is 17.9 Å². The third-order valence-corrected chi connectivity index (χ3v) is 5.90. The topological polar surface area (TPSA) is 80.3 Å². The summed E-state index contributed by atoms with van der Waals surface area (Å²) in [6.07, 6.45) is 2.67. The average molecular weight is 376 g/mol. The van der Waals surface area contributed by atoms with Gasteiger partial charge in [0.2, 0.25) is 5.91 Å². The van der Waals surface area contributed by atoms with E-state index >= 15 is 0 Å². The zero-order valence-electron chi connectivity index (χ0n) is 15.8. The fraction of sp³-hybridized carbons (Fsp3) is 0.650. The predicted molar refractivity (Wildman–Crippen MR) is 100 cm³/mol. The van der Waals surface area contributed by atoms with Crippen LogP contribution in [-0.4, -0.2) is 67.1 Å². The summed E-state index contributed by atoms with van der Waals surface area (Å²) >= 11 is 0. The molecule has 3 aliphatic heterocycles. The third kappa shape index (κ3) is 4.05. The number of nitrogens with one attached hydrogen (secondary N) is 1. The van der Waals surface area contributed by atoms with E-state index in [0.717, 1.165) is 19.4 Å². The van der Waals surface area contributed by atoms with E-state index in [1.54, 1.807) is 6.07 Å². The maximum Gasteiger partial charge on any atom is 0.238 e. The van der Waals surface area contributed by atoms with Gasteiger partial charge in [-0.3, -0.25) is 9.69 Å². The number of hydrogen-bond donors (Lipinski definition) is 2. The number of aliphatic hydroxyl groups is 1. The molecule has 1 amide bonds. The van der Waals surface area contributed by atoms with Crippen molar-refractivity contribution in [2.24, 2.45) is 5.92 Å². The van der Waals surface area contributed by atoms with Crippen LogP contribution in [0.3, 0.4) is 0 Å². The van der Waals surface area contributed by atoms with Crippen LogP contribution >= 0.6 is 0 Å². The van der Waals surface area contributed by atoms with Crippen molar-refractivity contribution in [2.45, 2.75) is 37.8 Å². The summed E-state index contributed by atoms with van der Waals surface area (Å²) in [4.78, 5) is 14.8. The first-order valence-electron chi connectivity index (χ1n) is 9.76. The highest BCUT2D eigenvalue weighted by atomic mass is 16.6. The minimum Gasteiger partial charge on any atom is -0.486 e. The molecule has 2 fully saturated rings. The fourth-order valence-electron chi connectivity index (χ4n) is 4.39. The van der Waals surface area contributed by atoms with Crippen LogP contribution in [0.1, 0.15) is 26.2 Å². The number of likely N-dealkylation sites (tertiary alicyclic amines) is 1. The Hall–Kier alpha value is -1.83. The Morgan fingerprint density at radius 2 is 2.11 bits per heavy atom. The maximum absolute atomic E-state index is 12.6. The van der Waals surface area contributed by atoms with Crippen molar-refractivity contribution in [1.82, 2.24) is 4.90 Å². The number of carbonyl (C=O) groups excluding carboxylic acids is 1. The molecule has 4 rings (SSSR count). The van der Waals surface area contributed by atoms with Crippen molar-refractivity contribution in [2.75, 3.05) is 44.8 Å².